The molecule has 0 amide bonds. The van der Waals surface area contributed by atoms with E-state index in [1.165, 1.54) is 93.5 Å². The molecule has 0 radical (unpaired) electrons. The van der Waals surface area contributed by atoms with Crippen molar-refractivity contribution in [1.82, 2.24) is 0 Å². The fourth-order valence-electron chi connectivity index (χ4n) is 10.5. The minimum absolute atomic E-state index is 0.272. The second-order valence-electron chi connectivity index (χ2n) is 16.9. The van der Waals surface area contributed by atoms with Crippen LogP contribution in [0.2, 0.25) is 0 Å². The zero-order valence-electron chi connectivity index (χ0n) is 35.0. The molecule has 63 heavy (non-hydrogen) atoms. The minimum Gasteiger partial charge on any atom is -0.310 e. The Hall–Kier alpha value is -8.00. The SMILES string of the molecule is CC1(c2ccccc2)c2ccccc2-c2c(-c3ccc(N(c4ccc(-c5cccc6ccccc56)cc4)c4ccc(-c5cccc6ccccc56)cc4)c4ccccc34)cccc21. The Morgan fingerprint density at radius 1 is 0.302 bits per heavy atom. The monoisotopic (exact) mass is 801 g/mol. The third-order valence-corrected chi connectivity index (χ3v) is 13.6. The molecule has 0 aromatic heterocycles. The molecule has 1 aliphatic carbocycles. The molecule has 0 spiro atoms. The maximum Gasteiger partial charge on any atom is 0.0540 e. The Labute approximate surface area is 368 Å². The average molecular weight is 802 g/mol. The van der Waals surface area contributed by atoms with Crippen molar-refractivity contribution in [2.75, 3.05) is 4.90 Å². The molecule has 11 aromatic rings. The molecular formula is C62H43N. The van der Waals surface area contributed by atoms with Crippen LogP contribution in [0.1, 0.15) is 23.6 Å². The number of nitrogens with zero attached hydrogens (tertiary/aromatic N) is 1. The van der Waals surface area contributed by atoms with Crippen LogP contribution in [0.25, 0.3) is 76.8 Å². The van der Waals surface area contributed by atoms with Crippen molar-refractivity contribution in [2.45, 2.75) is 12.3 Å². The van der Waals surface area contributed by atoms with Crippen molar-refractivity contribution < 1.29 is 0 Å². The molecule has 0 N–H and O–H groups in total. The van der Waals surface area contributed by atoms with E-state index in [4.69, 9.17) is 0 Å². The molecule has 0 heterocycles. The normalized spacial score (nSPS) is 14.2. The van der Waals surface area contributed by atoms with Gasteiger partial charge in [0.15, 0.2) is 0 Å². The van der Waals surface area contributed by atoms with E-state index >= 15 is 0 Å². The first-order chi connectivity index (χ1) is 31.1. The number of hydrogen-bond donors (Lipinski definition) is 0. The van der Waals surface area contributed by atoms with Crippen molar-refractivity contribution >= 4 is 49.4 Å². The standard InChI is InChI=1S/C62H43N/c1-62(46-20-3-2-4-21-46)58-30-12-11-26-57(58)61-56(29-15-31-59(61)62)54-40-41-60(55-25-10-9-24-53(54)55)63(47-36-32-44(33-37-47)51-27-13-18-42-16-5-7-22-49(42)51)48-38-34-45(35-39-48)52-28-14-19-43-17-6-8-23-50(43)52/h2-41H,1H3. The highest BCUT2D eigenvalue weighted by Gasteiger charge is 2.41. The maximum atomic E-state index is 2.43. The molecule has 1 atom stereocenters. The van der Waals surface area contributed by atoms with Crippen LogP contribution in [-0.4, -0.2) is 0 Å². The van der Waals surface area contributed by atoms with Gasteiger partial charge < -0.3 is 4.90 Å². The Kier molecular flexibility index (Phi) is 8.69. The van der Waals surface area contributed by atoms with Crippen LogP contribution in [0.4, 0.5) is 17.1 Å². The van der Waals surface area contributed by atoms with E-state index in [1.54, 1.807) is 0 Å². The summed E-state index contributed by atoms with van der Waals surface area (Å²) in [7, 11) is 0. The Morgan fingerprint density at radius 2 is 0.762 bits per heavy atom. The van der Waals surface area contributed by atoms with E-state index in [0.717, 1.165) is 17.1 Å². The molecule has 1 unspecified atom stereocenters. The van der Waals surface area contributed by atoms with Gasteiger partial charge in [-0.05, 0) is 125 Å². The van der Waals surface area contributed by atoms with Gasteiger partial charge in [0.2, 0.25) is 0 Å². The van der Waals surface area contributed by atoms with Crippen molar-refractivity contribution in [2.24, 2.45) is 0 Å². The van der Waals surface area contributed by atoms with Crippen molar-refractivity contribution in [1.29, 1.82) is 0 Å². The lowest BCUT2D eigenvalue weighted by atomic mass is 9.74. The number of benzene rings is 11. The molecule has 296 valence electrons. The molecule has 1 nitrogen and oxygen atoms in total. The molecule has 0 fully saturated rings. The molecular weight excluding hydrogens is 759 g/mol. The fourth-order valence-corrected chi connectivity index (χ4v) is 10.5. The summed E-state index contributed by atoms with van der Waals surface area (Å²) in [6.45, 7) is 2.40. The molecule has 1 heteroatoms. The van der Waals surface area contributed by atoms with Gasteiger partial charge in [-0.15, -0.1) is 0 Å². The van der Waals surface area contributed by atoms with Crippen molar-refractivity contribution in [3.8, 4) is 44.5 Å². The second kappa shape index (κ2) is 14.9. The van der Waals surface area contributed by atoms with Gasteiger partial charge >= 0.3 is 0 Å². The summed E-state index contributed by atoms with van der Waals surface area (Å²) in [6, 6.07) is 89.3. The summed E-state index contributed by atoms with van der Waals surface area (Å²) in [6.07, 6.45) is 0. The highest BCUT2D eigenvalue weighted by atomic mass is 15.1. The number of anilines is 3. The topological polar surface area (TPSA) is 3.24 Å². The smallest absolute Gasteiger partial charge is 0.0540 e. The van der Waals surface area contributed by atoms with Gasteiger partial charge in [-0.2, -0.15) is 0 Å². The highest BCUT2D eigenvalue weighted by Crippen LogP contribution is 2.56. The predicted octanol–water partition coefficient (Wildman–Crippen LogP) is 17.0. The van der Waals surface area contributed by atoms with Crippen LogP contribution in [0.3, 0.4) is 0 Å². The second-order valence-corrected chi connectivity index (χ2v) is 16.9. The van der Waals surface area contributed by atoms with E-state index in [2.05, 4.69) is 254 Å². The lowest BCUT2D eigenvalue weighted by molar-refractivity contribution is 0.714. The van der Waals surface area contributed by atoms with Gasteiger partial charge in [0.1, 0.15) is 0 Å². The third kappa shape index (κ3) is 5.92. The number of hydrogen-bond acceptors (Lipinski definition) is 1. The van der Waals surface area contributed by atoms with E-state index in [0.29, 0.717) is 0 Å². The highest BCUT2D eigenvalue weighted by molar-refractivity contribution is 6.09. The van der Waals surface area contributed by atoms with Crippen LogP contribution >= 0.6 is 0 Å². The van der Waals surface area contributed by atoms with E-state index in [9.17, 15) is 0 Å². The molecule has 0 aliphatic heterocycles. The quantitative estimate of drug-likeness (QED) is 0.155. The lowest BCUT2D eigenvalue weighted by Gasteiger charge is -2.29. The van der Waals surface area contributed by atoms with Gasteiger partial charge in [-0.25, -0.2) is 0 Å². The van der Waals surface area contributed by atoms with E-state index < -0.39 is 0 Å². The van der Waals surface area contributed by atoms with Crippen LogP contribution in [-0.2, 0) is 5.41 Å². The van der Waals surface area contributed by atoms with Gasteiger partial charge in [-0.1, -0.05) is 212 Å². The summed E-state index contributed by atoms with van der Waals surface area (Å²) in [4.78, 5) is 2.43. The van der Waals surface area contributed by atoms with E-state index in [1.807, 2.05) is 0 Å². The van der Waals surface area contributed by atoms with Gasteiger partial charge in [0, 0.05) is 22.2 Å². The van der Waals surface area contributed by atoms with Crippen LogP contribution < -0.4 is 4.90 Å². The van der Waals surface area contributed by atoms with E-state index in [-0.39, 0.29) is 5.41 Å². The van der Waals surface area contributed by atoms with Gasteiger partial charge in [0.25, 0.3) is 0 Å². The summed E-state index contributed by atoms with van der Waals surface area (Å²) >= 11 is 0. The molecule has 11 aromatic carbocycles. The summed E-state index contributed by atoms with van der Waals surface area (Å²) in [5.74, 6) is 0. The molecule has 0 saturated carbocycles. The maximum absolute atomic E-state index is 2.43. The Bertz CT molecular complexity index is 3380. The first-order valence-corrected chi connectivity index (χ1v) is 21.9. The first kappa shape index (κ1) is 36.8. The predicted molar refractivity (Wildman–Crippen MR) is 267 cm³/mol. The van der Waals surface area contributed by atoms with Crippen LogP contribution in [0.15, 0.2) is 243 Å². The zero-order chi connectivity index (χ0) is 41.9. The molecule has 12 rings (SSSR count). The van der Waals surface area contributed by atoms with Gasteiger partial charge in [-0.3, -0.25) is 0 Å². The first-order valence-electron chi connectivity index (χ1n) is 21.9. The Balaban J connectivity index is 1.03. The van der Waals surface area contributed by atoms with Gasteiger partial charge in [0.05, 0.1) is 5.69 Å². The third-order valence-electron chi connectivity index (χ3n) is 13.6. The van der Waals surface area contributed by atoms with Crippen LogP contribution in [0.5, 0.6) is 0 Å². The Morgan fingerprint density at radius 3 is 1.40 bits per heavy atom. The molecule has 1 aliphatic rings. The summed E-state index contributed by atoms with van der Waals surface area (Å²) in [5, 5.41) is 7.43. The molecule has 0 saturated heterocycles. The lowest BCUT2D eigenvalue weighted by Crippen LogP contribution is -2.22. The zero-order valence-corrected chi connectivity index (χ0v) is 35.0. The van der Waals surface area contributed by atoms with Crippen molar-refractivity contribution in [3.05, 3.63) is 259 Å². The fraction of sp³-hybridized carbons (Fsp3) is 0.0323. The molecule has 0 bridgehead atoms. The number of fused-ring (bicyclic) bond motifs is 6. The number of rotatable bonds is 7. The van der Waals surface area contributed by atoms with Crippen molar-refractivity contribution in [3.63, 3.8) is 0 Å². The van der Waals surface area contributed by atoms with Crippen LogP contribution in [0, 0.1) is 0 Å². The minimum atomic E-state index is -0.272. The average Bonchev–Trinajstić information content (AvgIpc) is 3.63. The largest absolute Gasteiger partial charge is 0.310 e. The summed E-state index contributed by atoms with van der Waals surface area (Å²) in [5.41, 5.74) is 17.1. The summed E-state index contributed by atoms with van der Waals surface area (Å²) < 4.78 is 0.